The number of piperidine rings is 1. The van der Waals surface area contributed by atoms with Crippen LogP contribution in [0.4, 0.5) is 0 Å². The Labute approximate surface area is 162 Å². The van der Waals surface area contributed by atoms with Crippen LogP contribution in [0.1, 0.15) is 28.2 Å². The molecule has 2 aromatic rings. The lowest BCUT2D eigenvalue weighted by Crippen LogP contribution is -2.37. The highest BCUT2D eigenvalue weighted by atomic mass is 32.1. The maximum atomic E-state index is 5.27. The third-order valence-corrected chi connectivity index (χ3v) is 6.39. The summed E-state index contributed by atoms with van der Waals surface area (Å²) in [4.78, 5) is 8.03. The lowest BCUT2D eigenvalue weighted by molar-refractivity contribution is 0.157. The Kier molecular flexibility index (Phi) is 7.12. The molecule has 0 radical (unpaired) electrons. The van der Waals surface area contributed by atoms with E-state index in [-0.39, 0.29) is 0 Å². The van der Waals surface area contributed by atoms with Gasteiger partial charge in [-0.3, -0.25) is 4.90 Å². The standard InChI is InChI=1S/C22H32N2OS/c1-18-4-9-22(26-18)17-24(16-20-10-13-23(2)14-11-20)15-12-19-5-7-21(25-3)8-6-19/h4-9,20H,10-17H2,1-3H3. The molecule has 3 rings (SSSR count). The first-order valence-corrected chi connectivity index (χ1v) is 10.5. The molecule has 2 heterocycles. The van der Waals surface area contributed by atoms with Gasteiger partial charge in [0.05, 0.1) is 7.11 Å². The quantitative estimate of drug-likeness (QED) is 0.681. The molecular weight excluding hydrogens is 340 g/mol. The van der Waals surface area contributed by atoms with Crippen molar-refractivity contribution in [2.24, 2.45) is 5.92 Å². The summed E-state index contributed by atoms with van der Waals surface area (Å²) in [7, 11) is 3.97. The zero-order valence-corrected chi connectivity index (χ0v) is 17.2. The van der Waals surface area contributed by atoms with E-state index in [1.807, 2.05) is 11.3 Å². The molecule has 26 heavy (non-hydrogen) atoms. The van der Waals surface area contributed by atoms with Gasteiger partial charge in [0.15, 0.2) is 0 Å². The summed E-state index contributed by atoms with van der Waals surface area (Å²) in [6.07, 6.45) is 3.76. The third-order valence-electron chi connectivity index (χ3n) is 5.41. The molecule has 142 valence electrons. The van der Waals surface area contributed by atoms with Gasteiger partial charge in [-0.15, -0.1) is 11.3 Å². The number of benzene rings is 1. The number of ether oxygens (including phenoxy) is 1. The van der Waals surface area contributed by atoms with E-state index >= 15 is 0 Å². The van der Waals surface area contributed by atoms with Crippen LogP contribution in [0.2, 0.25) is 0 Å². The summed E-state index contributed by atoms with van der Waals surface area (Å²) in [5, 5.41) is 0. The topological polar surface area (TPSA) is 15.7 Å². The summed E-state index contributed by atoms with van der Waals surface area (Å²) < 4.78 is 5.27. The normalized spacial score (nSPS) is 16.3. The highest BCUT2D eigenvalue weighted by Gasteiger charge is 2.20. The van der Waals surface area contributed by atoms with Gasteiger partial charge in [-0.1, -0.05) is 12.1 Å². The molecular formula is C22H32N2OS. The van der Waals surface area contributed by atoms with Crippen LogP contribution in [-0.4, -0.2) is 50.1 Å². The number of nitrogens with zero attached hydrogens (tertiary/aromatic N) is 2. The Morgan fingerprint density at radius 1 is 1.12 bits per heavy atom. The second-order valence-corrected chi connectivity index (χ2v) is 8.96. The van der Waals surface area contributed by atoms with E-state index in [9.17, 15) is 0 Å². The molecule has 0 aliphatic carbocycles. The van der Waals surface area contributed by atoms with Gasteiger partial charge in [0.1, 0.15) is 5.75 Å². The second-order valence-electron chi connectivity index (χ2n) is 7.59. The highest BCUT2D eigenvalue weighted by Crippen LogP contribution is 2.22. The van der Waals surface area contributed by atoms with Crippen molar-refractivity contribution >= 4 is 11.3 Å². The van der Waals surface area contributed by atoms with Gasteiger partial charge in [0, 0.05) is 29.4 Å². The molecule has 0 saturated carbocycles. The van der Waals surface area contributed by atoms with E-state index < -0.39 is 0 Å². The van der Waals surface area contributed by atoms with E-state index in [4.69, 9.17) is 4.74 Å². The van der Waals surface area contributed by atoms with Gasteiger partial charge in [-0.2, -0.15) is 0 Å². The number of hydrogen-bond acceptors (Lipinski definition) is 4. The van der Waals surface area contributed by atoms with Gasteiger partial charge in [-0.25, -0.2) is 0 Å². The van der Waals surface area contributed by atoms with Gasteiger partial charge in [-0.05, 0) is 82.1 Å². The van der Waals surface area contributed by atoms with Gasteiger partial charge < -0.3 is 9.64 Å². The summed E-state index contributed by atoms with van der Waals surface area (Å²) in [5.74, 6) is 1.77. The molecule has 1 aliphatic rings. The van der Waals surface area contributed by atoms with Crippen LogP contribution in [0.25, 0.3) is 0 Å². The summed E-state index contributed by atoms with van der Waals surface area (Å²) >= 11 is 1.94. The maximum absolute atomic E-state index is 5.27. The monoisotopic (exact) mass is 372 g/mol. The average molecular weight is 373 g/mol. The second kappa shape index (κ2) is 9.54. The van der Waals surface area contributed by atoms with Crippen molar-refractivity contribution < 1.29 is 4.74 Å². The molecule has 1 aromatic carbocycles. The molecule has 0 atom stereocenters. The molecule has 0 spiro atoms. The lowest BCUT2D eigenvalue weighted by atomic mass is 9.96. The molecule has 0 N–H and O–H groups in total. The molecule has 0 bridgehead atoms. The third kappa shape index (κ3) is 5.83. The number of rotatable bonds is 8. The van der Waals surface area contributed by atoms with E-state index in [1.165, 1.54) is 47.8 Å². The Hall–Kier alpha value is -1.36. The Morgan fingerprint density at radius 3 is 2.46 bits per heavy atom. The molecule has 0 amide bonds. The van der Waals surface area contributed by atoms with Crippen LogP contribution in [0.3, 0.4) is 0 Å². The molecule has 0 unspecified atom stereocenters. The predicted octanol–water partition coefficient (Wildman–Crippen LogP) is 4.45. The van der Waals surface area contributed by atoms with E-state index in [0.717, 1.165) is 31.2 Å². The molecule has 3 nitrogen and oxygen atoms in total. The van der Waals surface area contributed by atoms with Gasteiger partial charge in [0.25, 0.3) is 0 Å². The van der Waals surface area contributed by atoms with Gasteiger partial charge in [0.2, 0.25) is 0 Å². The Bertz CT molecular complexity index is 659. The van der Waals surface area contributed by atoms with Crippen molar-refractivity contribution in [1.29, 1.82) is 0 Å². The number of hydrogen-bond donors (Lipinski definition) is 0. The zero-order valence-electron chi connectivity index (χ0n) is 16.4. The van der Waals surface area contributed by atoms with E-state index in [1.54, 1.807) is 7.11 Å². The predicted molar refractivity (Wildman–Crippen MR) is 111 cm³/mol. The molecule has 1 aromatic heterocycles. The van der Waals surface area contributed by atoms with E-state index in [0.29, 0.717) is 0 Å². The lowest BCUT2D eigenvalue weighted by Gasteiger charge is -2.33. The first-order chi connectivity index (χ1) is 12.6. The fraction of sp³-hybridized carbons (Fsp3) is 0.545. The average Bonchev–Trinajstić information content (AvgIpc) is 3.07. The number of likely N-dealkylation sites (tertiary alicyclic amines) is 1. The van der Waals surface area contributed by atoms with Crippen LogP contribution in [0, 0.1) is 12.8 Å². The van der Waals surface area contributed by atoms with Crippen molar-refractivity contribution in [2.45, 2.75) is 32.7 Å². The van der Waals surface area contributed by atoms with Crippen LogP contribution in [-0.2, 0) is 13.0 Å². The fourth-order valence-corrected chi connectivity index (χ4v) is 4.65. The minimum absolute atomic E-state index is 0.836. The smallest absolute Gasteiger partial charge is 0.118 e. The molecule has 4 heteroatoms. The van der Waals surface area contributed by atoms with Crippen molar-refractivity contribution in [3.05, 3.63) is 51.7 Å². The first-order valence-electron chi connectivity index (χ1n) is 9.71. The van der Waals surface area contributed by atoms with Crippen LogP contribution >= 0.6 is 11.3 Å². The van der Waals surface area contributed by atoms with Crippen LogP contribution in [0.5, 0.6) is 5.75 Å². The van der Waals surface area contributed by atoms with Crippen LogP contribution < -0.4 is 4.74 Å². The zero-order chi connectivity index (χ0) is 18.4. The summed E-state index contributed by atoms with van der Waals surface area (Å²) in [5.41, 5.74) is 1.39. The summed E-state index contributed by atoms with van der Waals surface area (Å²) in [6, 6.07) is 13.1. The molecule has 1 saturated heterocycles. The minimum Gasteiger partial charge on any atom is -0.497 e. The number of methoxy groups -OCH3 is 1. The molecule has 1 fully saturated rings. The molecule has 1 aliphatic heterocycles. The Balaban J connectivity index is 1.59. The number of aryl methyl sites for hydroxylation is 1. The highest BCUT2D eigenvalue weighted by molar-refractivity contribution is 7.11. The van der Waals surface area contributed by atoms with Crippen molar-refractivity contribution in [2.75, 3.05) is 40.3 Å². The van der Waals surface area contributed by atoms with Crippen LogP contribution in [0.15, 0.2) is 36.4 Å². The SMILES string of the molecule is COc1ccc(CCN(Cc2ccc(C)s2)CC2CCN(C)CC2)cc1. The van der Waals surface area contributed by atoms with E-state index in [2.05, 4.69) is 60.2 Å². The fourth-order valence-electron chi connectivity index (χ4n) is 3.71. The maximum Gasteiger partial charge on any atom is 0.118 e. The largest absolute Gasteiger partial charge is 0.497 e. The van der Waals surface area contributed by atoms with Crippen molar-refractivity contribution in [3.8, 4) is 5.75 Å². The van der Waals surface area contributed by atoms with Crippen molar-refractivity contribution in [1.82, 2.24) is 9.80 Å². The van der Waals surface area contributed by atoms with Gasteiger partial charge >= 0.3 is 0 Å². The first kappa shape index (κ1) is 19.4. The Morgan fingerprint density at radius 2 is 1.85 bits per heavy atom. The minimum atomic E-state index is 0.836. The summed E-state index contributed by atoms with van der Waals surface area (Å²) in [6.45, 7) is 8.12. The number of thiophene rings is 1. The van der Waals surface area contributed by atoms with Crippen molar-refractivity contribution in [3.63, 3.8) is 0 Å².